The van der Waals surface area contributed by atoms with Crippen LogP contribution in [0, 0.1) is 0 Å². The Bertz CT molecular complexity index is 1410. The Morgan fingerprint density at radius 2 is 1.71 bits per heavy atom. The molecule has 4 amide bonds. The topological polar surface area (TPSA) is 75.7 Å². The summed E-state index contributed by atoms with van der Waals surface area (Å²) < 4.78 is 6.48. The average Bonchev–Trinajstić information content (AvgIpc) is 2.81. The molecule has 0 aliphatic carbocycles. The molecule has 0 unspecified atom stereocenters. The minimum absolute atomic E-state index is 0.157. The van der Waals surface area contributed by atoms with Crippen LogP contribution in [0.25, 0.3) is 6.08 Å². The molecule has 1 fully saturated rings. The van der Waals surface area contributed by atoms with Gasteiger partial charge in [-0.1, -0.05) is 68.9 Å². The molecular formula is C25H16BrCl3N2O4. The van der Waals surface area contributed by atoms with Crippen molar-refractivity contribution in [3.8, 4) is 5.75 Å². The summed E-state index contributed by atoms with van der Waals surface area (Å²) >= 11 is 22.1. The number of nitrogens with one attached hydrogen (secondary N) is 1. The molecule has 1 saturated heterocycles. The van der Waals surface area contributed by atoms with E-state index in [-0.39, 0.29) is 21.3 Å². The fourth-order valence-corrected chi connectivity index (χ4v) is 4.59. The molecule has 178 valence electrons. The molecule has 3 aromatic rings. The highest BCUT2D eigenvalue weighted by Crippen LogP contribution is 2.34. The van der Waals surface area contributed by atoms with Gasteiger partial charge >= 0.3 is 6.03 Å². The van der Waals surface area contributed by atoms with Crippen LogP contribution in [0.2, 0.25) is 15.1 Å². The maximum absolute atomic E-state index is 13.2. The number of ether oxygens (including phenoxy) is 1. The van der Waals surface area contributed by atoms with Crippen LogP contribution in [0.4, 0.5) is 10.5 Å². The zero-order chi connectivity index (χ0) is 25.3. The number of halogens is 4. The first-order valence-corrected chi connectivity index (χ1v) is 12.1. The molecule has 10 heteroatoms. The number of rotatable bonds is 5. The lowest BCUT2D eigenvalue weighted by Crippen LogP contribution is -2.54. The first-order chi connectivity index (χ1) is 16.7. The lowest BCUT2D eigenvalue weighted by atomic mass is 10.0. The molecule has 35 heavy (non-hydrogen) atoms. The number of hydrogen-bond acceptors (Lipinski definition) is 4. The van der Waals surface area contributed by atoms with Gasteiger partial charge in [-0.05, 0) is 53.6 Å². The fraction of sp³-hybridized carbons (Fsp3) is 0.0800. The van der Waals surface area contributed by atoms with Crippen molar-refractivity contribution < 1.29 is 19.1 Å². The Hall–Kier alpha value is -2.84. The van der Waals surface area contributed by atoms with Crippen LogP contribution in [0.3, 0.4) is 0 Å². The fourth-order valence-electron chi connectivity index (χ4n) is 3.58. The molecule has 0 saturated carbocycles. The third kappa shape index (κ3) is 5.23. The zero-order valence-corrected chi connectivity index (χ0v) is 21.9. The largest absolute Gasteiger partial charge is 0.496 e. The predicted molar refractivity (Wildman–Crippen MR) is 140 cm³/mol. The monoisotopic (exact) mass is 592 g/mol. The molecule has 0 spiro atoms. The number of carbonyl (C=O) groups is 3. The van der Waals surface area contributed by atoms with Crippen molar-refractivity contribution >= 4 is 80.3 Å². The molecule has 3 aromatic carbocycles. The van der Waals surface area contributed by atoms with Crippen molar-refractivity contribution in [3.63, 3.8) is 0 Å². The zero-order valence-electron chi connectivity index (χ0n) is 18.1. The summed E-state index contributed by atoms with van der Waals surface area (Å²) in [6, 6.07) is 14.4. The van der Waals surface area contributed by atoms with E-state index < -0.39 is 17.8 Å². The van der Waals surface area contributed by atoms with Crippen LogP contribution in [0.5, 0.6) is 5.75 Å². The van der Waals surface area contributed by atoms with Crippen LogP contribution in [0.15, 0.2) is 64.6 Å². The molecular weight excluding hydrogens is 579 g/mol. The van der Waals surface area contributed by atoms with Crippen LogP contribution in [0.1, 0.15) is 16.7 Å². The van der Waals surface area contributed by atoms with Crippen LogP contribution in [-0.4, -0.2) is 25.0 Å². The van der Waals surface area contributed by atoms with E-state index in [0.29, 0.717) is 22.8 Å². The quantitative estimate of drug-likeness (QED) is 0.264. The third-order valence-corrected chi connectivity index (χ3v) is 7.15. The van der Waals surface area contributed by atoms with Crippen molar-refractivity contribution in [2.24, 2.45) is 0 Å². The number of methoxy groups -OCH3 is 1. The number of benzene rings is 3. The van der Waals surface area contributed by atoms with E-state index in [0.717, 1.165) is 20.5 Å². The van der Waals surface area contributed by atoms with Gasteiger partial charge < -0.3 is 4.74 Å². The van der Waals surface area contributed by atoms with Gasteiger partial charge in [0.25, 0.3) is 11.8 Å². The third-order valence-electron chi connectivity index (χ3n) is 5.30. The molecule has 6 nitrogen and oxygen atoms in total. The van der Waals surface area contributed by atoms with Crippen LogP contribution >= 0.6 is 50.7 Å². The predicted octanol–water partition coefficient (Wildman–Crippen LogP) is 6.68. The summed E-state index contributed by atoms with van der Waals surface area (Å²) in [4.78, 5) is 39.0. The number of barbiturate groups is 1. The molecule has 1 aliphatic rings. The second-order valence-electron chi connectivity index (χ2n) is 7.51. The normalized spacial score (nSPS) is 14.9. The number of imide groups is 2. The van der Waals surface area contributed by atoms with Crippen molar-refractivity contribution in [1.29, 1.82) is 0 Å². The van der Waals surface area contributed by atoms with Crippen molar-refractivity contribution in [2.75, 3.05) is 12.0 Å². The van der Waals surface area contributed by atoms with Gasteiger partial charge in [0.2, 0.25) is 0 Å². The van der Waals surface area contributed by atoms with Gasteiger partial charge in [-0.15, -0.1) is 0 Å². The molecule has 1 heterocycles. The maximum atomic E-state index is 13.2. The van der Waals surface area contributed by atoms with Gasteiger partial charge in [0, 0.05) is 21.5 Å². The van der Waals surface area contributed by atoms with E-state index in [2.05, 4.69) is 21.2 Å². The van der Waals surface area contributed by atoms with E-state index in [4.69, 9.17) is 39.5 Å². The van der Waals surface area contributed by atoms with Gasteiger partial charge in [-0.2, -0.15) is 0 Å². The van der Waals surface area contributed by atoms with Crippen molar-refractivity contribution in [1.82, 2.24) is 5.32 Å². The number of carbonyl (C=O) groups excluding carboxylic acids is 3. The molecule has 4 rings (SSSR count). The molecule has 1 aliphatic heterocycles. The Morgan fingerprint density at radius 3 is 2.40 bits per heavy atom. The number of anilines is 1. The van der Waals surface area contributed by atoms with E-state index in [9.17, 15) is 14.4 Å². The number of hydrogen-bond donors (Lipinski definition) is 1. The average molecular weight is 595 g/mol. The number of urea groups is 1. The molecule has 1 N–H and O–H groups in total. The molecule has 0 radical (unpaired) electrons. The summed E-state index contributed by atoms with van der Waals surface area (Å²) in [5.41, 5.74) is 2.11. The summed E-state index contributed by atoms with van der Waals surface area (Å²) in [6.45, 7) is 0. The number of amides is 4. The Balaban J connectivity index is 1.72. The Labute approximate surface area is 224 Å². The van der Waals surface area contributed by atoms with Crippen LogP contribution in [-0.2, 0) is 16.0 Å². The van der Waals surface area contributed by atoms with Crippen LogP contribution < -0.4 is 15.0 Å². The van der Waals surface area contributed by atoms with E-state index in [1.165, 1.54) is 31.4 Å². The highest BCUT2D eigenvalue weighted by atomic mass is 79.9. The highest BCUT2D eigenvalue weighted by molar-refractivity contribution is 9.10. The molecule has 0 bridgehead atoms. The smallest absolute Gasteiger partial charge is 0.335 e. The van der Waals surface area contributed by atoms with E-state index in [1.54, 1.807) is 12.1 Å². The second-order valence-corrected chi connectivity index (χ2v) is 9.58. The van der Waals surface area contributed by atoms with Gasteiger partial charge in [-0.3, -0.25) is 14.9 Å². The van der Waals surface area contributed by atoms with Gasteiger partial charge in [-0.25, -0.2) is 9.69 Å². The Kier molecular flexibility index (Phi) is 7.52. The molecule has 0 atom stereocenters. The lowest BCUT2D eigenvalue weighted by molar-refractivity contribution is -0.122. The summed E-state index contributed by atoms with van der Waals surface area (Å²) in [5, 5.41) is 2.98. The first kappa shape index (κ1) is 25.3. The second kappa shape index (κ2) is 10.4. The first-order valence-electron chi connectivity index (χ1n) is 10.2. The van der Waals surface area contributed by atoms with Crippen molar-refractivity contribution in [3.05, 3.63) is 96.4 Å². The van der Waals surface area contributed by atoms with Gasteiger partial charge in [0.15, 0.2) is 0 Å². The van der Waals surface area contributed by atoms with Crippen molar-refractivity contribution in [2.45, 2.75) is 6.42 Å². The number of nitrogens with zero attached hydrogens (tertiary/aromatic N) is 1. The Morgan fingerprint density at radius 1 is 0.971 bits per heavy atom. The summed E-state index contributed by atoms with van der Waals surface area (Å²) in [5.74, 6) is -1.16. The minimum atomic E-state index is -0.894. The van der Waals surface area contributed by atoms with Gasteiger partial charge in [0.05, 0.1) is 22.8 Å². The van der Waals surface area contributed by atoms with E-state index in [1.807, 2.05) is 24.3 Å². The minimum Gasteiger partial charge on any atom is -0.496 e. The summed E-state index contributed by atoms with van der Waals surface area (Å²) in [6.07, 6.45) is 1.85. The highest BCUT2D eigenvalue weighted by Gasteiger charge is 2.37. The van der Waals surface area contributed by atoms with E-state index >= 15 is 0 Å². The molecule has 0 aromatic heterocycles. The SMILES string of the molecule is COc1cc(/C=C2\C(=O)NC(=O)N(c3ccc(Cl)c(Cl)c3)C2=O)cc(Cl)c1Cc1ccccc1Br. The summed E-state index contributed by atoms with van der Waals surface area (Å²) in [7, 11) is 1.51. The maximum Gasteiger partial charge on any atom is 0.335 e. The van der Waals surface area contributed by atoms with Gasteiger partial charge in [0.1, 0.15) is 11.3 Å². The lowest BCUT2D eigenvalue weighted by Gasteiger charge is -2.26. The standard InChI is InChI=1S/C25H16BrCl3N2O4/c1-35-22-10-13(9-20(28)16(22)11-14-4-2-3-5-18(14)26)8-17-23(32)30-25(34)31(24(17)33)15-6-7-19(27)21(29)12-15/h2-10,12H,11H2,1H3,(H,30,32,34)/b17-8+.